The van der Waals surface area contributed by atoms with Gasteiger partial charge in [0.05, 0.1) is 16.7 Å². The summed E-state index contributed by atoms with van der Waals surface area (Å²) in [7, 11) is 0. The minimum Gasteiger partial charge on any atom is -0.455 e. The highest BCUT2D eigenvalue weighted by Crippen LogP contribution is 2.73. The molecule has 0 unspecified atom stereocenters. The van der Waals surface area contributed by atoms with Crippen LogP contribution < -0.4 is 31.4 Å². The zero-order valence-corrected chi connectivity index (χ0v) is 37.9. The van der Waals surface area contributed by atoms with Gasteiger partial charge in [-0.3, -0.25) is 0 Å². The van der Waals surface area contributed by atoms with Gasteiger partial charge in [-0.15, -0.1) is 0 Å². The van der Waals surface area contributed by atoms with Gasteiger partial charge in [0.1, 0.15) is 52.7 Å². The Morgan fingerprint density at radius 2 is 0.576 bits per heavy atom. The highest BCUT2D eigenvalue weighted by molar-refractivity contribution is 5.73. The van der Waals surface area contributed by atoms with Crippen molar-refractivity contribution in [2.24, 2.45) is 53.3 Å². The maximum Gasteiger partial charge on any atom is 0.145 e. The smallest absolute Gasteiger partial charge is 0.145 e. The van der Waals surface area contributed by atoms with E-state index < -0.39 is 0 Å². The molecule has 16 rings (SSSR count). The van der Waals surface area contributed by atoms with Gasteiger partial charge in [-0.1, -0.05) is 0 Å². The van der Waals surface area contributed by atoms with Crippen LogP contribution >= 0.6 is 0 Å². The van der Waals surface area contributed by atoms with Crippen LogP contribution in [0.5, 0.6) is 34.5 Å². The lowest BCUT2D eigenvalue weighted by atomic mass is 9.44. The first-order valence-electron chi connectivity index (χ1n) is 25.2. The van der Waals surface area contributed by atoms with Gasteiger partial charge in [0.2, 0.25) is 0 Å². The Labute approximate surface area is 388 Å². The van der Waals surface area contributed by atoms with E-state index in [0.717, 1.165) is 91.7 Å². The topological polar surface area (TPSA) is 177 Å². The van der Waals surface area contributed by atoms with Crippen molar-refractivity contribution >= 4 is 17.1 Å². The maximum atomic E-state index is 10.8. The van der Waals surface area contributed by atoms with Crippen molar-refractivity contribution < 1.29 is 14.2 Å². The van der Waals surface area contributed by atoms with Crippen molar-refractivity contribution in [1.82, 2.24) is 0 Å². The molecule has 12 bridgehead atoms. The molecule has 0 spiro atoms. The molecule has 12 fully saturated rings. The van der Waals surface area contributed by atoms with Crippen molar-refractivity contribution in [3.05, 3.63) is 88.0 Å². The average molecular weight is 877 g/mol. The molecular weight excluding hydrogens is 817 g/mol. The van der Waals surface area contributed by atoms with E-state index in [1.807, 2.05) is 36.4 Å². The number of nitrogens with zero attached hydrogens (tertiary/aromatic N) is 3. The van der Waals surface area contributed by atoms with Crippen LogP contribution in [0.15, 0.2) is 54.6 Å². The molecule has 0 atom stereocenters. The van der Waals surface area contributed by atoms with Gasteiger partial charge in [0.15, 0.2) is 0 Å². The Hall–Kier alpha value is -5.85. The van der Waals surface area contributed by atoms with Gasteiger partial charge in [-0.25, -0.2) is 0 Å². The molecule has 0 aliphatic heterocycles. The largest absolute Gasteiger partial charge is 0.455 e. The number of ether oxygens (including phenoxy) is 3. The van der Waals surface area contributed by atoms with Crippen LogP contribution in [0, 0.1) is 87.3 Å². The summed E-state index contributed by atoms with van der Waals surface area (Å²) in [5, 5.41) is 32.4. The lowest BCUT2D eigenvalue weighted by Crippen LogP contribution is -2.52. The van der Waals surface area contributed by atoms with Gasteiger partial charge in [0.25, 0.3) is 0 Å². The fourth-order valence-corrected chi connectivity index (χ4v) is 18.2. The second-order valence-corrected chi connectivity index (χ2v) is 23.6. The Kier molecular flexibility index (Phi) is 8.93. The summed E-state index contributed by atoms with van der Waals surface area (Å²) in [4.78, 5) is 0. The summed E-state index contributed by atoms with van der Waals surface area (Å²) in [6, 6.07) is 23.7. The van der Waals surface area contributed by atoms with Gasteiger partial charge in [0, 0.05) is 50.0 Å². The zero-order valence-electron chi connectivity index (χ0n) is 37.9. The second kappa shape index (κ2) is 14.6. The van der Waals surface area contributed by atoms with Crippen molar-refractivity contribution in [2.45, 2.75) is 132 Å². The molecule has 0 amide bonds. The van der Waals surface area contributed by atoms with Gasteiger partial charge >= 0.3 is 0 Å². The van der Waals surface area contributed by atoms with E-state index >= 15 is 0 Å². The Morgan fingerprint density at radius 1 is 0.364 bits per heavy atom. The fourth-order valence-electron chi connectivity index (χ4n) is 18.2. The summed E-state index contributed by atoms with van der Waals surface area (Å²) in [6.07, 6.45) is 20.8. The van der Waals surface area contributed by atoms with Crippen LogP contribution in [0.3, 0.4) is 0 Å². The Bertz CT molecular complexity index is 2410. The SMILES string of the molecule is N#Cc1cc(N)ccc1Oc1c(C23CC4CC(CC(C4)C2)C3)c(Oc2ccc(N)cc2C#N)c(C23CC4CC(CC(C4)C2)C3)c(Oc2ccc(N)cc2C#N)c1C12CC3CC(CC(C3)C1)C2. The molecule has 0 aromatic heterocycles. The summed E-state index contributed by atoms with van der Waals surface area (Å²) in [5.74, 6) is 9.16. The zero-order chi connectivity index (χ0) is 44.7. The third-order valence-corrected chi connectivity index (χ3v) is 19.1. The second-order valence-electron chi connectivity index (χ2n) is 23.6. The van der Waals surface area contributed by atoms with E-state index in [4.69, 9.17) is 31.4 Å². The molecule has 12 aliphatic rings. The van der Waals surface area contributed by atoms with Gasteiger partial charge in [-0.05, 0) is 223 Å². The third-order valence-electron chi connectivity index (χ3n) is 19.1. The summed E-state index contributed by atoms with van der Waals surface area (Å²) < 4.78 is 23.3. The van der Waals surface area contributed by atoms with E-state index in [0.29, 0.717) is 104 Å². The van der Waals surface area contributed by atoms with Crippen LogP contribution in [0.1, 0.15) is 149 Å². The molecule has 9 heteroatoms. The number of hydrogen-bond acceptors (Lipinski definition) is 9. The number of nitriles is 3. The minimum atomic E-state index is -0.272. The molecule has 6 N–H and O–H groups in total. The molecule has 12 saturated carbocycles. The van der Waals surface area contributed by atoms with E-state index in [2.05, 4.69) is 18.2 Å². The highest BCUT2D eigenvalue weighted by atomic mass is 16.5. The molecule has 12 aliphatic carbocycles. The molecule has 4 aromatic carbocycles. The summed E-state index contributed by atoms with van der Waals surface area (Å²) in [5.41, 5.74) is 24.5. The third kappa shape index (κ3) is 6.26. The first-order chi connectivity index (χ1) is 32.0. The van der Waals surface area contributed by atoms with Crippen molar-refractivity contribution in [3.8, 4) is 52.7 Å². The normalized spacial score (nSPS) is 35.9. The van der Waals surface area contributed by atoms with Crippen LogP contribution in [-0.2, 0) is 16.2 Å². The maximum absolute atomic E-state index is 10.8. The highest BCUT2D eigenvalue weighted by Gasteiger charge is 2.62. The van der Waals surface area contributed by atoms with Crippen LogP contribution in [0.2, 0.25) is 0 Å². The summed E-state index contributed by atoms with van der Waals surface area (Å²) in [6.45, 7) is 0. The predicted molar refractivity (Wildman–Crippen MR) is 253 cm³/mol. The quantitative estimate of drug-likeness (QED) is 0.138. The fraction of sp³-hybridized carbons (Fsp3) is 0.526. The van der Waals surface area contributed by atoms with Gasteiger partial charge in [-0.2, -0.15) is 15.8 Å². The number of nitrogen functional groups attached to an aromatic ring is 3. The van der Waals surface area contributed by atoms with E-state index in [9.17, 15) is 15.8 Å². The number of benzene rings is 4. The number of rotatable bonds is 9. The van der Waals surface area contributed by atoms with Crippen LogP contribution in [0.25, 0.3) is 0 Å². The van der Waals surface area contributed by atoms with E-state index in [1.165, 1.54) is 57.8 Å². The Balaban J connectivity index is 1.21. The van der Waals surface area contributed by atoms with E-state index in [-0.39, 0.29) is 16.2 Å². The molecule has 0 saturated heterocycles. The summed E-state index contributed by atoms with van der Waals surface area (Å²) >= 11 is 0. The monoisotopic (exact) mass is 876 g/mol. The molecule has 9 nitrogen and oxygen atoms in total. The number of hydrogen-bond donors (Lipinski definition) is 3. The Morgan fingerprint density at radius 3 is 0.773 bits per heavy atom. The van der Waals surface area contributed by atoms with Crippen LogP contribution in [-0.4, -0.2) is 0 Å². The number of nitrogens with two attached hydrogens (primary N) is 3. The minimum absolute atomic E-state index is 0.272. The molecule has 336 valence electrons. The first kappa shape index (κ1) is 40.4. The first-order valence-corrected chi connectivity index (χ1v) is 25.2. The molecule has 4 aromatic rings. The molecule has 66 heavy (non-hydrogen) atoms. The standard InChI is InChI=1S/C57H60N6O3/c58-28-40-16-43(61)1-4-46(40)64-52-49(55-19-31-7-32(20-55)9-33(8-31)21-55)53(65-47-5-2-44(62)17-41(47)29-59)51(57-25-37-13-38(26-57)15-39(14-37)27-57)54(66-48-6-3-45(63)18-42(48)30-60)50(52)56-22-34-10-35(23-56)12-36(11-34)24-56/h1-6,16-18,31-39H,7-15,19-27,61-63H2. The van der Waals surface area contributed by atoms with Crippen molar-refractivity contribution in [1.29, 1.82) is 15.8 Å². The average Bonchev–Trinajstić information content (AvgIpc) is 3.26. The molecular formula is C57H60N6O3. The van der Waals surface area contributed by atoms with Crippen molar-refractivity contribution in [2.75, 3.05) is 17.2 Å². The van der Waals surface area contributed by atoms with Crippen LogP contribution in [0.4, 0.5) is 17.1 Å². The molecule has 0 heterocycles. The lowest BCUT2D eigenvalue weighted by Gasteiger charge is -2.61. The number of anilines is 3. The molecule has 0 radical (unpaired) electrons. The predicted octanol–water partition coefficient (Wildman–Crippen LogP) is 12.8. The van der Waals surface area contributed by atoms with Crippen molar-refractivity contribution in [3.63, 3.8) is 0 Å². The van der Waals surface area contributed by atoms with Gasteiger partial charge < -0.3 is 31.4 Å². The van der Waals surface area contributed by atoms with E-state index in [1.54, 1.807) is 18.2 Å². The lowest BCUT2D eigenvalue weighted by molar-refractivity contribution is -0.0152.